The third-order valence-corrected chi connectivity index (χ3v) is 7.76. The highest BCUT2D eigenvalue weighted by Gasteiger charge is 2.57. The first kappa shape index (κ1) is 30.4. The average molecular weight is 561 g/mol. The smallest absolute Gasteiger partial charge is 0.319 e. The number of aliphatic hydroxyl groups is 2. The van der Waals surface area contributed by atoms with Gasteiger partial charge in [0.2, 0.25) is 0 Å². The first-order chi connectivity index (χ1) is 19.8. The van der Waals surface area contributed by atoms with E-state index >= 15 is 0 Å². The van der Waals surface area contributed by atoms with E-state index in [1.807, 2.05) is 24.3 Å². The Morgan fingerprint density at radius 2 is 1.27 bits per heavy atom. The second-order valence-corrected chi connectivity index (χ2v) is 11.3. The van der Waals surface area contributed by atoms with Crippen LogP contribution in [0, 0.1) is 0 Å². The van der Waals surface area contributed by atoms with Crippen LogP contribution < -0.4 is 20.1 Å². The molecule has 41 heavy (non-hydrogen) atoms. The molecule has 1 unspecified atom stereocenters. The van der Waals surface area contributed by atoms with Crippen LogP contribution in [0.3, 0.4) is 0 Å². The molecule has 7 heteroatoms. The molecule has 3 aromatic carbocycles. The van der Waals surface area contributed by atoms with Crippen molar-refractivity contribution in [3.05, 3.63) is 89.0 Å². The zero-order valence-corrected chi connectivity index (χ0v) is 24.7. The molecule has 1 saturated carbocycles. The summed E-state index contributed by atoms with van der Waals surface area (Å²) in [4.78, 5) is 13.5. The molecule has 0 bridgehead atoms. The third kappa shape index (κ3) is 7.21. The number of carbonyl (C=O) groups is 1. The van der Waals surface area contributed by atoms with Crippen LogP contribution in [-0.2, 0) is 5.41 Å². The van der Waals surface area contributed by atoms with E-state index in [2.05, 4.69) is 80.8 Å². The number of aliphatic hydroxyl groups excluding tert-OH is 2. The topological polar surface area (TPSA) is 100 Å². The molecule has 220 valence electrons. The quantitative estimate of drug-likeness (QED) is 0.173. The van der Waals surface area contributed by atoms with Gasteiger partial charge in [-0.3, -0.25) is 0 Å². The lowest BCUT2D eigenvalue weighted by molar-refractivity contribution is 0.233. The Balaban J connectivity index is 1.57. The van der Waals surface area contributed by atoms with Crippen LogP contribution in [0.15, 0.2) is 66.7 Å². The molecule has 4 rings (SSSR count). The average Bonchev–Trinajstić information content (AvgIpc) is 3.68. The number of anilines is 1. The Kier molecular flexibility index (Phi) is 10.3. The molecular formula is C34H44N2O5. The van der Waals surface area contributed by atoms with Crippen molar-refractivity contribution in [2.75, 3.05) is 31.7 Å². The van der Waals surface area contributed by atoms with Crippen LogP contribution in [-0.4, -0.2) is 48.7 Å². The van der Waals surface area contributed by atoms with Crippen LogP contribution >= 0.6 is 0 Å². The van der Waals surface area contributed by atoms with Crippen molar-refractivity contribution in [3.63, 3.8) is 0 Å². The molecule has 0 saturated heterocycles. The predicted molar refractivity (Wildman–Crippen MR) is 163 cm³/mol. The molecule has 0 aliphatic heterocycles. The van der Waals surface area contributed by atoms with Gasteiger partial charge in [0.25, 0.3) is 0 Å². The standard InChI is InChI=1S/C34H44N2O5/c1-23(2)29-8-5-9-30(24(3)4)32(29)36-33(39)35-31-22-34(31,25-10-14-27(15-11-25)40-20-6-18-37)26-12-16-28(17-13-26)41-21-7-19-38/h5,8-17,23-24,31,37-38H,6-7,18-22H2,1-4H3,(H2,35,36,39). The summed E-state index contributed by atoms with van der Waals surface area (Å²) in [7, 11) is 0. The SMILES string of the molecule is CC(C)c1cccc(C(C)C)c1NC(=O)NC1CC1(c1ccc(OCCCO)cc1)c1ccc(OCCCO)cc1. The molecular weight excluding hydrogens is 516 g/mol. The van der Waals surface area contributed by atoms with Crippen LogP contribution in [0.2, 0.25) is 0 Å². The summed E-state index contributed by atoms with van der Waals surface area (Å²) in [6.07, 6.45) is 1.93. The molecule has 0 aromatic heterocycles. The maximum Gasteiger partial charge on any atom is 0.319 e. The largest absolute Gasteiger partial charge is 0.494 e. The summed E-state index contributed by atoms with van der Waals surface area (Å²) in [5.41, 5.74) is 4.95. The molecule has 0 radical (unpaired) electrons. The number of urea groups is 1. The molecule has 3 aromatic rings. The van der Waals surface area contributed by atoms with Gasteiger partial charge in [-0.05, 0) is 64.8 Å². The minimum Gasteiger partial charge on any atom is -0.494 e. The van der Waals surface area contributed by atoms with Gasteiger partial charge in [0.15, 0.2) is 0 Å². The van der Waals surface area contributed by atoms with Gasteiger partial charge in [0, 0.05) is 43.2 Å². The normalized spacial score (nSPS) is 15.6. The van der Waals surface area contributed by atoms with Gasteiger partial charge in [-0.1, -0.05) is 70.2 Å². The van der Waals surface area contributed by atoms with Gasteiger partial charge in [-0.15, -0.1) is 0 Å². The Morgan fingerprint density at radius 3 is 1.68 bits per heavy atom. The third-order valence-electron chi connectivity index (χ3n) is 7.76. The number of amides is 2. The molecule has 2 amide bonds. The summed E-state index contributed by atoms with van der Waals surface area (Å²) in [6, 6.07) is 22.0. The first-order valence-corrected chi connectivity index (χ1v) is 14.7. The van der Waals surface area contributed by atoms with Crippen molar-refractivity contribution in [1.29, 1.82) is 0 Å². The van der Waals surface area contributed by atoms with E-state index < -0.39 is 0 Å². The van der Waals surface area contributed by atoms with Crippen LogP contribution in [0.4, 0.5) is 10.5 Å². The second-order valence-electron chi connectivity index (χ2n) is 11.3. The molecule has 1 atom stereocenters. The van der Waals surface area contributed by atoms with E-state index in [1.165, 1.54) is 0 Å². The van der Waals surface area contributed by atoms with Gasteiger partial charge >= 0.3 is 6.03 Å². The first-order valence-electron chi connectivity index (χ1n) is 14.7. The van der Waals surface area contributed by atoms with Crippen molar-refractivity contribution < 1.29 is 24.5 Å². The van der Waals surface area contributed by atoms with Crippen LogP contribution in [0.1, 0.15) is 81.0 Å². The van der Waals surface area contributed by atoms with Crippen LogP contribution in [0.5, 0.6) is 11.5 Å². The van der Waals surface area contributed by atoms with Gasteiger partial charge in [-0.25, -0.2) is 4.79 Å². The van der Waals surface area contributed by atoms with Crippen molar-refractivity contribution >= 4 is 11.7 Å². The van der Waals surface area contributed by atoms with Crippen molar-refractivity contribution in [2.45, 2.75) is 70.3 Å². The number of ether oxygens (including phenoxy) is 2. The summed E-state index contributed by atoms with van der Waals surface area (Å²) in [5.74, 6) is 2.05. The predicted octanol–water partition coefficient (Wildman–Crippen LogP) is 6.34. The highest BCUT2D eigenvalue weighted by atomic mass is 16.5. The van der Waals surface area contributed by atoms with Crippen molar-refractivity contribution in [1.82, 2.24) is 5.32 Å². The van der Waals surface area contributed by atoms with Crippen molar-refractivity contribution in [3.8, 4) is 11.5 Å². The highest BCUT2D eigenvalue weighted by Crippen LogP contribution is 2.54. The van der Waals surface area contributed by atoms with Crippen LogP contribution in [0.25, 0.3) is 0 Å². The van der Waals surface area contributed by atoms with E-state index in [1.54, 1.807) is 0 Å². The number of nitrogens with one attached hydrogen (secondary N) is 2. The zero-order chi connectivity index (χ0) is 29.4. The van der Waals surface area contributed by atoms with Gasteiger partial charge in [-0.2, -0.15) is 0 Å². The lowest BCUT2D eigenvalue weighted by Crippen LogP contribution is -2.35. The van der Waals surface area contributed by atoms with Crippen molar-refractivity contribution in [2.24, 2.45) is 0 Å². The number of hydrogen-bond acceptors (Lipinski definition) is 5. The van der Waals surface area contributed by atoms with Gasteiger partial charge in [0.05, 0.1) is 13.2 Å². The number of para-hydroxylation sites is 1. The minimum atomic E-state index is -0.386. The van der Waals surface area contributed by atoms with Gasteiger partial charge < -0.3 is 30.3 Å². The molecule has 1 aliphatic carbocycles. The van der Waals surface area contributed by atoms with E-state index in [0.29, 0.717) is 26.1 Å². The fourth-order valence-corrected chi connectivity index (χ4v) is 5.45. The van der Waals surface area contributed by atoms with E-state index in [0.717, 1.165) is 45.9 Å². The monoisotopic (exact) mass is 560 g/mol. The molecule has 0 spiro atoms. The Morgan fingerprint density at radius 1 is 0.805 bits per heavy atom. The number of hydrogen-bond donors (Lipinski definition) is 4. The number of rotatable bonds is 14. The number of carbonyl (C=O) groups excluding carboxylic acids is 1. The summed E-state index contributed by atoms with van der Waals surface area (Å²) < 4.78 is 11.5. The fourth-order valence-electron chi connectivity index (χ4n) is 5.45. The Bertz CT molecular complexity index is 1190. The highest BCUT2D eigenvalue weighted by molar-refractivity contribution is 5.92. The summed E-state index contributed by atoms with van der Waals surface area (Å²) in [6.45, 7) is 9.67. The summed E-state index contributed by atoms with van der Waals surface area (Å²) in [5, 5.41) is 24.6. The lowest BCUT2D eigenvalue weighted by Gasteiger charge is -2.22. The number of benzene rings is 3. The van der Waals surface area contributed by atoms with Gasteiger partial charge in [0.1, 0.15) is 11.5 Å². The molecule has 1 aliphatic rings. The van der Waals surface area contributed by atoms with E-state index in [-0.39, 0.29) is 42.5 Å². The van der Waals surface area contributed by atoms with E-state index in [9.17, 15) is 4.79 Å². The fraction of sp³-hybridized carbons (Fsp3) is 0.441. The maximum absolute atomic E-state index is 13.5. The minimum absolute atomic E-state index is 0.0939. The molecule has 4 N–H and O–H groups in total. The zero-order valence-electron chi connectivity index (χ0n) is 24.7. The Labute approximate surface area is 243 Å². The maximum atomic E-state index is 13.5. The lowest BCUT2D eigenvalue weighted by atomic mass is 9.87. The Hall–Kier alpha value is -3.55. The second kappa shape index (κ2) is 13.9. The molecule has 0 heterocycles. The molecule has 7 nitrogen and oxygen atoms in total. The van der Waals surface area contributed by atoms with E-state index in [4.69, 9.17) is 19.7 Å². The molecule has 1 fully saturated rings. The summed E-state index contributed by atoms with van der Waals surface area (Å²) >= 11 is 0.